The maximum Gasteiger partial charge on any atom is 0.337 e. The molecule has 0 aliphatic heterocycles. The molecule has 0 fully saturated rings. The van der Waals surface area contributed by atoms with Crippen molar-refractivity contribution >= 4 is 23.6 Å². The van der Waals surface area contributed by atoms with E-state index in [1.54, 1.807) is 17.5 Å². The molecule has 3 heteroatoms. The minimum absolute atomic E-state index is 0.300. The standard InChI is InChI=1S/C11H12O2S/c1-13-11(12)10-6-4-9(5-7-10)3-2-8-14/h4-8H,2-3H2,1H3. The molecule has 0 N–H and O–H groups in total. The van der Waals surface area contributed by atoms with Crippen LogP contribution in [0.15, 0.2) is 24.3 Å². The number of aryl methyl sites for hydroxylation is 1. The Morgan fingerprint density at radius 2 is 2.07 bits per heavy atom. The summed E-state index contributed by atoms with van der Waals surface area (Å²) >= 11 is 4.74. The highest BCUT2D eigenvalue weighted by Crippen LogP contribution is 2.07. The van der Waals surface area contributed by atoms with Gasteiger partial charge in [0, 0.05) is 0 Å². The van der Waals surface area contributed by atoms with Crippen molar-refractivity contribution in [1.82, 2.24) is 0 Å². The summed E-state index contributed by atoms with van der Waals surface area (Å²) in [5.74, 6) is -0.300. The lowest BCUT2D eigenvalue weighted by Gasteiger charge is -2.01. The summed E-state index contributed by atoms with van der Waals surface area (Å²) in [6.45, 7) is 0. The number of methoxy groups -OCH3 is 1. The third kappa shape index (κ3) is 2.92. The van der Waals surface area contributed by atoms with Gasteiger partial charge in [-0.15, -0.1) is 0 Å². The number of rotatable bonds is 4. The highest BCUT2D eigenvalue weighted by atomic mass is 32.1. The Morgan fingerprint density at radius 3 is 2.57 bits per heavy atom. The van der Waals surface area contributed by atoms with Gasteiger partial charge in [0.2, 0.25) is 0 Å². The number of hydrogen-bond acceptors (Lipinski definition) is 3. The molecule has 0 atom stereocenters. The zero-order valence-corrected chi connectivity index (χ0v) is 8.84. The summed E-state index contributed by atoms with van der Waals surface area (Å²) in [6, 6.07) is 7.38. The maximum atomic E-state index is 11.1. The molecule has 0 spiro atoms. The van der Waals surface area contributed by atoms with Crippen LogP contribution in [0, 0.1) is 0 Å². The molecule has 74 valence electrons. The van der Waals surface area contributed by atoms with Crippen LogP contribution in [0.5, 0.6) is 0 Å². The number of hydrogen-bond donors (Lipinski definition) is 0. The van der Waals surface area contributed by atoms with Crippen LogP contribution in [-0.4, -0.2) is 18.4 Å². The highest BCUT2D eigenvalue weighted by molar-refractivity contribution is 7.78. The summed E-state index contributed by atoms with van der Waals surface area (Å²) in [6.07, 6.45) is 1.80. The molecule has 0 aliphatic rings. The van der Waals surface area contributed by atoms with E-state index in [2.05, 4.69) is 4.74 Å². The van der Waals surface area contributed by atoms with Crippen LogP contribution in [0.25, 0.3) is 0 Å². The van der Waals surface area contributed by atoms with Crippen molar-refractivity contribution in [3.63, 3.8) is 0 Å². The van der Waals surface area contributed by atoms with Crippen LogP contribution >= 0.6 is 12.2 Å². The van der Waals surface area contributed by atoms with Crippen molar-refractivity contribution in [3.05, 3.63) is 35.4 Å². The summed E-state index contributed by atoms with van der Waals surface area (Å²) in [5.41, 5.74) is 1.76. The fraction of sp³-hybridized carbons (Fsp3) is 0.273. The second-order valence-corrected chi connectivity index (χ2v) is 3.23. The Bertz CT molecular complexity index is 317. The highest BCUT2D eigenvalue weighted by Gasteiger charge is 2.03. The Labute approximate surface area is 88.9 Å². The predicted octanol–water partition coefficient (Wildman–Crippen LogP) is 2.41. The molecule has 2 nitrogen and oxygen atoms in total. The van der Waals surface area contributed by atoms with Crippen molar-refractivity contribution in [2.45, 2.75) is 12.8 Å². The summed E-state index contributed by atoms with van der Waals surface area (Å²) in [4.78, 5) is 11.1. The molecule has 1 aromatic carbocycles. The normalized spacial score (nSPS) is 9.50. The lowest BCUT2D eigenvalue weighted by atomic mass is 10.1. The van der Waals surface area contributed by atoms with Crippen LogP contribution in [0.4, 0.5) is 0 Å². The van der Waals surface area contributed by atoms with Crippen molar-refractivity contribution in [1.29, 1.82) is 0 Å². The Hall–Kier alpha value is -1.22. The summed E-state index contributed by atoms with van der Waals surface area (Å²) in [5, 5.41) is 1.72. The molecule has 1 aromatic rings. The van der Waals surface area contributed by atoms with E-state index in [-0.39, 0.29) is 5.97 Å². The smallest absolute Gasteiger partial charge is 0.337 e. The van der Waals surface area contributed by atoms with Gasteiger partial charge in [0.15, 0.2) is 0 Å². The van der Waals surface area contributed by atoms with Crippen LogP contribution in [0.3, 0.4) is 0 Å². The number of ether oxygens (including phenoxy) is 1. The van der Waals surface area contributed by atoms with Gasteiger partial charge < -0.3 is 4.74 Å². The van der Waals surface area contributed by atoms with E-state index in [1.165, 1.54) is 12.7 Å². The molecule has 0 saturated heterocycles. The summed E-state index contributed by atoms with van der Waals surface area (Å²) < 4.78 is 4.60. The van der Waals surface area contributed by atoms with Crippen molar-refractivity contribution in [2.75, 3.05) is 7.11 Å². The molecule has 0 unspecified atom stereocenters. The fourth-order valence-electron chi connectivity index (χ4n) is 1.15. The zero-order chi connectivity index (χ0) is 10.4. The van der Waals surface area contributed by atoms with Crippen molar-refractivity contribution in [2.24, 2.45) is 0 Å². The second kappa shape index (κ2) is 5.50. The van der Waals surface area contributed by atoms with E-state index < -0.39 is 0 Å². The van der Waals surface area contributed by atoms with E-state index in [0.717, 1.165) is 12.8 Å². The predicted molar refractivity (Wildman–Crippen MR) is 59.8 cm³/mol. The molecule has 0 saturated carbocycles. The van der Waals surface area contributed by atoms with Gasteiger partial charge in [-0.3, -0.25) is 0 Å². The van der Waals surface area contributed by atoms with Gasteiger partial charge in [-0.05, 0) is 35.9 Å². The fourth-order valence-corrected chi connectivity index (χ4v) is 1.27. The Kier molecular flexibility index (Phi) is 4.26. The second-order valence-electron chi connectivity index (χ2n) is 2.89. The maximum absolute atomic E-state index is 11.1. The number of thiocarbonyl (C=S) groups is 1. The molecule has 14 heavy (non-hydrogen) atoms. The van der Waals surface area contributed by atoms with E-state index in [4.69, 9.17) is 12.2 Å². The van der Waals surface area contributed by atoms with Crippen molar-refractivity contribution < 1.29 is 9.53 Å². The molecule has 0 amide bonds. The van der Waals surface area contributed by atoms with Crippen LogP contribution in [-0.2, 0) is 11.2 Å². The Morgan fingerprint density at radius 1 is 1.43 bits per heavy atom. The van der Waals surface area contributed by atoms with E-state index >= 15 is 0 Å². The largest absolute Gasteiger partial charge is 0.465 e. The van der Waals surface area contributed by atoms with Gasteiger partial charge in [0.05, 0.1) is 12.7 Å². The first-order chi connectivity index (χ1) is 6.77. The average Bonchev–Trinajstić information content (AvgIpc) is 2.26. The van der Waals surface area contributed by atoms with Crippen LogP contribution in [0.2, 0.25) is 0 Å². The number of benzene rings is 1. The third-order valence-electron chi connectivity index (χ3n) is 1.93. The third-order valence-corrected chi connectivity index (χ3v) is 2.16. The van der Waals surface area contributed by atoms with Gasteiger partial charge in [-0.1, -0.05) is 24.4 Å². The van der Waals surface area contributed by atoms with Gasteiger partial charge >= 0.3 is 5.97 Å². The Balaban J connectivity index is 2.68. The van der Waals surface area contributed by atoms with Crippen molar-refractivity contribution in [3.8, 4) is 0 Å². The van der Waals surface area contributed by atoms with Gasteiger partial charge in [-0.25, -0.2) is 4.79 Å². The minimum Gasteiger partial charge on any atom is -0.465 e. The monoisotopic (exact) mass is 208 g/mol. The first kappa shape index (κ1) is 10.9. The zero-order valence-electron chi connectivity index (χ0n) is 8.03. The lowest BCUT2D eigenvalue weighted by molar-refractivity contribution is 0.0600. The first-order valence-corrected chi connectivity index (χ1v) is 4.86. The van der Waals surface area contributed by atoms with Crippen LogP contribution in [0.1, 0.15) is 22.3 Å². The number of carbonyl (C=O) groups excluding carboxylic acids is 1. The summed E-state index contributed by atoms with van der Waals surface area (Å²) in [7, 11) is 1.38. The molecule has 1 rings (SSSR count). The van der Waals surface area contributed by atoms with Crippen LogP contribution < -0.4 is 0 Å². The lowest BCUT2D eigenvalue weighted by Crippen LogP contribution is -2.00. The topological polar surface area (TPSA) is 26.3 Å². The molecule has 0 heterocycles. The van der Waals surface area contributed by atoms with E-state index in [1.807, 2.05) is 12.1 Å². The first-order valence-electron chi connectivity index (χ1n) is 4.39. The number of carbonyl (C=O) groups is 1. The van der Waals surface area contributed by atoms with Gasteiger partial charge in [0.1, 0.15) is 0 Å². The molecule has 0 bridgehead atoms. The molecule has 0 radical (unpaired) electrons. The number of esters is 1. The minimum atomic E-state index is -0.300. The average molecular weight is 208 g/mol. The SMILES string of the molecule is COC(=O)c1ccc(CCC=S)cc1. The quantitative estimate of drug-likeness (QED) is 0.561. The van der Waals surface area contributed by atoms with Gasteiger partial charge in [-0.2, -0.15) is 0 Å². The van der Waals surface area contributed by atoms with E-state index in [9.17, 15) is 4.79 Å². The molecular formula is C11H12O2S. The molecule has 0 aliphatic carbocycles. The van der Waals surface area contributed by atoms with E-state index in [0.29, 0.717) is 5.56 Å². The molecular weight excluding hydrogens is 196 g/mol. The molecule has 0 aromatic heterocycles. The van der Waals surface area contributed by atoms with Gasteiger partial charge in [0.25, 0.3) is 0 Å².